The molecule has 28 heavy (non-hydrogen) atoms. The Morgan fingerprint density at radius 1 is 1.07 bits per heavy atom. The summed E-state index contributed by atoms with van der Waals surface area (Å²) in [5.74, 6) is -1.34. The molecule has 7 nitrogen and oxygen atoms in total. The van der Waals surface area contributed by atoms with Gasteiger partial charge in [-0.25, -0.2) is 9.80 Å². The number of rotatable bonds is 5. The van der Waals surface area contributed by atoms with Crippen molar-refractivity contribution in [3.8, 4) is 0 Å². The number of nitrogens with zero attached hydrogens (tertiary/aromatic N) is 2. The standard InChI is InChI=1S/C21H21N3O4/c1-14-8-9-16(12-15(14)2)22-19(25)13-28-21(27)18-10-11-20(26)24(23-18)17-6-4-3-5-7-17/h3-9,12H,10-11,13H2,1-2H3,(H,22,25). The summed E-state index contributed by atoms with van der Waals surface area (Å²) in [5.41, 5.74) is 3.50. The molecular formula is C21H21N3O4. The number of carbonyl (C=O) groups is 3. The molecule has 0 spiro atoms. The second kappa shape index (κ2) is 8.47. The lowest BCUT2D eigenvalue weighted by atomic mass is 10.1. The molecule has 2 amide bonds. The number of hydrogen-bond acceptors (Lipinski definition) is 5. The van der Waals surface area contributed by atoms with Gasteiger partial charge in [0.15, 0.2) is 6.61 Å². The van der Waals surface area contributed by atoms with E-state index in [-0.39, 0.29) is 24.5 Å². The first-order valence-corrected chi connectivity index (χ1v) is 8.94. The van der Waals surface area contributed by atoms with E-state index in [1.807, 2.05) is 32.0 Å². The molecule has 2 aromatic carbocycles. The Hall–Kier alpha value is -3.48. The van der Waals surface area contributed by atoms with Crippen LogP contribution in [0.15, 0.2) is 53.6 Å². The molecule has 3 rings (SSSR count). The lowest BCUT2D eigenvalue weighted by Gasteiger charge is -2.22. The largest absolute Gasteiger partial charge is 0.451 e. The van der Waals surface area contributed by atoms with Gasteiger partial charge in [-0.15, -0.1) is 0 Å². The van der Waals surface area contributed by atoms with Gasteiger partial charge in [0.25, 0.3) is 5.91 Å². The van der Waals surface area contributed by atoms with Gasteiger partial charge in [0.05, 0.1) is 5.69 Å². The van der Waals surface area contributed by atoms with Gasteiger partial charge >= 0.3 is 5.97 Å². The van der Waals surface area contributed by atoms with E-state index in [1.165, 1.54) is 5.01 Å². The maximum Gasteiger partial charge on any atom is 0.355 e. The van der Waals surface area contributed by atoms with Crippen molar-refractivity contribution in [2.45, 2.75) is 26.7 Å². The highest BCUT2D eigenvalue weighted by molar-refractivity contribution is 6.38. The summed E-state index contributed by atoms with van der Waals surface area (Å²) in [4.78, 5) is 36.4. The average Bonchev–Trinajstić information content (AvgIpc) is 2.70. The molecule has 0 bridgehead atoms. The van der Waals surface area contributed by atoms with Crippen LogP contribution in [-0.4, -0.2) is 30.1 Å². The van der Waals surface area contributed by atoms with E-state index >= 15 is 0 Å². The van der Waals surface area contributed by atoms with E-state index in [4.69, 9.17) is 4.74 Å². The Kier molecular flexibility index (Phi) is 5.84. The Morgan fingerprint density at radius 3 is 2.54 bits per heavy atom. The zero-order valence-electron chi connectivity index (χ0n) is 15.8. The number of amides is 2. The number of para-hydroxylation sites is 1. The van der Waals surface area contributed by atoms with Crippen molar-refractivity contribution in [1.29, 1.82) is 0 Å². The lowest BCUT2D eigenvalue weighted by Crippen LogP contribution is -2.35. The molecule has 7 heteroatoms. The van der Waals surface area contributed by atoms with Crippen LogP contribution in [-0.2, 0) is 19.1 Å². The monoisotopic (exact) mass is 379 g/mol. The number of hydrogen-bond donors (Lipinski definition) is 1. The molecule has 0 aliphatic carbocycles. The molecule has 0 saturated heterocycles. The quantitative estimate of drug-likeness (QED) is 0.809. The van der Waals surface area contributed by atoms with E-state index in [1.54, 1.807) is 30.3 Å². The van der Waals surface area contributed by atoms with Gasteiger partial charge in [-0.05, 0) is 49.2 Å². The Bertz CT molecular complexity index is 938. The molecular weight excluding hydrogens is 358 g/mol. The van der Waals surface area contributed by atoms with Crippen LogP contribution in [0.3, 0.4) is 0 Å². The Labute approximate surface area is 163 Å². The minimum Gasteiger partial charge on any atom is -0.451 e. The number of nitrogens with one attached hydrogen (secondary N) is 1. The molecule has 0 unspecified atom stereocenters. The second-order valence-corrected chi connectivity index (χ2v) is 6.51. The van der Waals surface area contributed by atoms with E-state index in [0.717, 1.165) is 11.1 Å². The number of ether oxygens (including phenoxy) is 1. The minimum atomic E-state index is -0.705. The van der Waals surface area contributed by atoms with Crippen molar-refractivity contribution in [3.05, 3.63) is 59.7 Å². The summed E-state index contributed by atoms with van der Waals surface area (Å²) in [7, 11) is 0. The molecule has 0 atom stereocenters. The fourth-order valence-electron chi connectivity index (χ4n) is 2.70. The van der Waals surface area contributed by atoms with Gasteiger partial charge in [0.1, 0.15) is 5.71 Å². The van der Waals surface area contributed by atoms with Crippen LogP contribution < -0.4 is 10.3 Å². The highest BCUT2D eigenvalue weighted by atomic mass is 16.5. The zero-order chi connectivity index (χ0) is 20.1. The normalized spacial score (nSPS) is 13.7. The summed E-state index contributed by atoms with van der Waals surface area (Å²) in [6.45, 7) is 3.51. The first kappa shape index (κ1) is 19.3. The molecule has 0 radical (unpaired) electrons. The lowest BCUT2D eigenvalue weighted by molar-refractivity contribution is -0.140. The summed E-state index contributed by atoms with van der Waals surface area (Å²) in [6.07, 6.45) is 0.331. The van der Waals surface area contributed by atoms with Crippen molar-refractivity contribution >= 4 is 34.9 Å². The minimum absolute atomic E-state index is 0.113. The van der Waals surface area contributed by atoms with Gasteiger partial charge in [0, 0.05) is 18.5 Å². The van der Waals surface area contributed by atoms with Gasteiger partial charge < -0.3 is 10.1 Å². The summed E-state index contributed by atoms with van der Waals surface area (Å²) >= 11 is 0. The maximum absolute atomic E-state index is 12.3. The highest BCUT2D eigenvalue weighted by Crippen LogP contribution is 2.20. The predicted molar refractivity (Wildman–Crippen MR) is 106 cm³/mol. The van der Waals surface area contributed by atoms with Crippen LogP contribution in [0.1, 0.15) is 24.0 Å². The van der Waals surface area contributed by atoms with Crippen LogP contribution >= 0.6 is 0 Å². The first-order valence-electron chi connectivity index (χ1n) is 8.94. The Balaban J connectivity index is 1.60. The number of anilines is 2. The molecule has 1 aliphatic rings. The third-order valence-corrected chi connectivity index (χ3v) is 4.39. The number of benzene rings is 2. The van der Waals surface area contributed by atoms with E-state index in [2.05, 4.69) is 10.4 Å². The average molecular weight is 379 g/mol. The smallest absolute Gasteiger partial charge is 0.355 e. The van der Waals surface area contributed by atoms with Crippen molar-refractivity contribution in [2.24, 2.45) is 5.10 Å². The third-order valence-electron chi connectivity index (χ3n) is 4.39. The van der Waals surface area contributed by atoms with Crippen molar-refractivity contribution in [2.75, 3.05) is 16.9 Å². The van der Waals surface area contributed by atoms with Gasteiger partial charge in [-0.2, -0.15) is 5.10 Å². The molecule has 0 aromatic heterocycles. The van der Waals surface area contributed by atoms with E-state index in [9.17, 15) is 14.4 Å². The van der Waals surface area contributed by atoms with Crippen LogP contribution in [0.25, 0.3) is 0 Å². The summed E-state index contributed by atoms with van der Waals surface area (Å²) in [6, 6.07) is 14.4. The van der Waals surface area contributed by atoms with Gasteiger partial charge in [-0.1, -0.05) is 24.3 Å². The van der Waals surface area contributed by atoms with E-state index < -0.39 is 18.5 Å². The van der Waals surface area contributed by atoms with Crippen molar-refractivity contribution in [3.63, 3.8) is 0 Å². The topological polar surface area (TPSA) is 88.1 Å². The summed E-state index contributed by atoms with van der Waals surface area (Å²) in [5, 5.41) is 7.99. The zero-order valence-corrected chi connectivity index (χ0v) is 15.8. The number of carbonyl (C=O) groups excluding carboxylic acids is 3. The maximum atomic E-state index is 12.3. The fraction of sp³-hybridized carbons (Fsp3) is 0.238. The van der Waals surface area contributed by atoms with Crippen LogP contribution in [0.2, 0.25) is 0 Å². The van der Waals surface area contributed by atoms with Crippen LogP contribution in [0, 0.1) is 13.8 Å². The summed E-state index contributed by atoms with van der Waals surface area (Å²) < 4.78 is 5.07. The molecule has 0 saturated carbocycles. The van der Waals surface area contributed by atoms with Crippen LogP contribution in [0.5, 0.6) is 0 Å². The Morgan fingerprint density at radius 2 is 1.82 bits per heavy atom. The molecule has 1 aliphatic heterocycles. The van der Waals surface area contributed by atoms with Gasteiger partial charge in [0.2, 0.25) is 5.91 Å². The fourth-order valence-corrected chi connectivity index (χ4v) is 2.70. The number of hydrazone groups is 1. The van der Waals surface area contributed by atoms with Crippen molar-refractivity contribution < 1.29 is 19.1 Å². The first-order chi connectivity index (χ1) is 13.4. The SMILES string of the molecule is Cc1ccc(NC(=O)COC(=O)C2=NN(c3ccccc3)C(=O)CC2)cc1C. The molecule has 0 fully saturated rings. The molecule has 144 valence electrons. The van der Waals surface area contributed by atoms with Crippen LogP contribution in [0.4, 0.5) is 11.4 Å². The van der Waals surface area contributed by atoms with Crippen molar-refractivity contribution in [1.82, 2.24) is 0 Å². The van der Waals surface area contributed by atoms with Gasteiger partial charge in [-0.3, -0.25) is 9.59 Å². The number of aryl methyl sites for hydroxylation is 2. The molecule has 1 heterocycles. The predicted octanol–water partition coefficient (Wildman–Crippen LogP) is 2.97. The molecule has 1 N–H and O–H groups in total. The molecule has 2 aromatic rings. The highest BCUT2D eigenvalue weighted by Gasteiger charge is 2.26. The third kappa shape index (κ3) is 4.62. The number of esters is 1. The van der Waals surface area contributed by atoms with E-state index in [0.29, 0.717) is 11.4 Å². The second-order valence-electron chi connectivity index (χ2n) is 6.51.